The molecule has 5 atom stereocenters. The molecule has 1 saturated heterocycles. The van der Waals surface area contributed by atoms with Crippen molar-refractivity contribution in [1.29, 1.82) is 0 Å². The van der Waals surface area contributed by atoms with Crippen molar-refractivity contribution in [3.63, 3.8) is 0 Å². The number of hydrazine groups is 1. The zero-order valence-electron chi connectivity index (χ0n) is 32.5. The van der Waals surface area contributed by atoms with E-state index in [1.807, 2.05) is 13.8 Å². The summed E-state index contributed by atoms with van der Waals surface area (Å²) < 4.78 is 28.5. The average Bonchev–Trinajstić information content (AvgIpc) is 3.25. The van der Waals surface area contributed by atoms with Gasteiger partial charge in [0.05, 0.1) is 17.7 Å². The van der Waals surface area contributed by atoms with E-state index >= 15 is 0 Å². The van der Waals surface area contributed by atoms with Gasteiger partial charge in [-0.05, 0) is 96.4 Å². The highest BCUT2D eigenvalue weighted by atomic mass is 16.6. The van der Waals surface area contributed by atoms with Crippen LogP contribution in [0.5, 0.6) is 0 Å². The number of carbonyl (C=O) groups excluding carboxylic acids is 5. The maximum atomic E-state index is 14.1. The van der Waals surface area contributed by atoms with Gasteiger partial charge in [-0.25, -0.2) is 14.4 Å². The molecule has 15 nitrogen and oxygen atoms in total. The first-order chi connectivity index (χ1) is 22.0. The lowest BCUT2D eigenvalue weighted by atomic mass is 9.83. The number of nitrogens with one attached hydrogen (secondary N) is 3. The van der Waals surface area contributed by atoms with Crippen molar-refractivity contribution in [2.24, 2.45) is 0 Å². The SMILES string of the molecule is CCC[C@](C)(OC)[C@H](NC(C)=O)[C@H]1[C@H]([NH+]=CN(NC(=O)OC(C)(C)C)C(=O)OC(C)(C)C)CC(C(=O)OC(C)(C)C)N1C(=O)OC(C)(C)C. The minimum atomic E-state index is -1.18. The molecule has 1 aliphatic rings. The normalized spacial score (nSPS) is 20.6. The van der Waals surface area contributed by atoms with Crippen LogP contribution in [-0.2, 0) is 33.3 Å². The van der Waals surface area contributed by atoms with E-state index in [1.165, 1.54) is 18.9 Å². The van der Waals surface area contributed by atoms with Crippen molar-refractivity contribution >= 4 is 36.5 Å². The van der Waals surface area contributed by atoms with Crippen LogP contribution in [0, 0.1) is 0 Å². The number of methoxy groups -OCH3 is 1. The number of nitrogens with zero attached hydrogens (tertiary/aromatic N) is 2. The molecule has 0 bridgehead atoms. The maximum Gasteiger partial charge on any atom is 0.531 e. The van der Waals surface area contributed by atoms with Crippen molar-refractivity contribution in [2.45, 2.75) is 175 Å². The summed E-state index contributed by atoms with van der Waals surface area (Å²) >= 11 is 0. The number of carbonyl (C=O) groups is 5. The fraction of sp³-hybridized carbons (Fsp3) is 0.824. The number of ether oxygens (including phenoxy) is 5. The molecule has 0 saturated carbocycles. The predicted octanol–water partition coefficient (Wildman–Crippen LogP) is 3.57. The molecule has 4 amide bonds. The van der Waals surface area contributed by atoms with E-state index in [-0.39, 0.29) is 6.42 Å². The molecule has 0 aromatic carbocycles. The molecule has 0 aromatic heterocycles. The second kappa shape index (κ2) is 16.4. The molecule has 1 aliphatic heterocycles. The molecule has 0 aromatic rings. The van der Waals surface area contributed by atoms with Crippen LogP contribution in [0.4, 0.5) is 14.4 Å². The number of hydrogen-bond acceptors (Lipinski definition) is 10. The average molecular weight is 701 g/mol. The van der Waals surface area contributed by atoms with Gasteiger partial charge in [0.25, 0.3) is 6.34 Å². The summed E-state index contributed by atoms with van der Waals surface area (Å²) in [6, 6.07) is -3.95. The van der Waals surface area contributed by atoms with Crippen LogP contribution in [-0.4, -0.2) is 106 Å². The van der Waals surface area contributed by atoms with E-state index in [2.05, 4.69) is 15.7 Å². The Morgan fingerprint density at radius 2 is 1.35 bits per heavy atom. The van der Waals surface area contributed by atoms with Gasteiger partial charge in [-0.1, -0.05) is 18.4 Å². The fourth-order valence-corrected chi connectivity index (χ4v) is 5.31. The highest BCUT2D eigenvalue weighted by Gasteiger charge is 2.57. The first-order valence-electron chi connectivity index (χ1n) is 16.7. The molecule has 3 N–H and O–H groups in total. The number of amides is 4. The quantitative estimate of drug-likeness (QED) is 0.106. The van der Waals surface area contributed by atoms with Crippen LogP contribution in [0.25, 0.3) is 0 Å². The molecule has 1 unspecified atom stereocenters. The van der Waals surface area contributed by atoms with Crippen molar-refractivity contribution in [1.82, 2.24) is 20.7 Å². The van der Waals surface area contributed by atoms with Gasteiger partial charge in [-0.3, -0.25) is 14.7 Å². The first-order valence-corrected chi connectivity index (χ1v) is 16.7. The summed E-state index contributed by atoms with van der Waals surface area (Å²) in [5, 5.41) is 3.75. The van der Waals surface area contributed by atoms with Gasteiger partial charge in [0.2, 0.25) is 5.91 Å². The van der Waals surface area contributed by atoms with Gasteiger partial charge in [-0.15, -0.1) is 5.43 Å². The van der Waals surface area contributed by atoms with E-state index in [0.29, 0.717) is 12.8 Å². The van der Waals surface area contributed by atoms with Crippen molar-refractivity contribution in [2.75, 3.05) is 7.11 Å². The largest absolute Gasteiger partial charge is 0.531 e. The van der Waals surface area contributed by atoms with E-state index in [1.54, 1.807) is 83.1 Å². The Labute approximate surface area is 292 Å². The number of likely N-dealkylation sites (tertiary alicyclic amines) is 1. The minimum absolute atomic E-state index is 0.0358. The topological polar surface area (TPSA) is 176 Å². The molecule has 0 spiro atoms. The Morgan fingerprint density at radius 3 is 1.78 bits per heavy atom. The zero-order valence-corrected chi connectivity index (χ0v) is 32.5. The highest BCUT2D eigenvalue weighted by Crippen LogP contribution is 2.35. The Kier molecular flexibility index (Phi) is 14.5. The van der Waals surface area contributed by atoms with Crippen LogP contribution in [0.2, 0.25) is 0 Å². The molecule has 49 heavy (non-hydrogen) atoms. The van der Waals surface area contributed by atoms with Crippen molar-refractivity contribution < 1.29 is 52.6 Å². The summed E-state index contributed by atoms with van der Waals surface area (Å²) in [5.74, 6) is -1.10. The molecule has 0 radical (unpaired) electrons. The Balaban J connectivity index is 4.02. The smallest absolute Gasteiger partial charge is 0.458 e. The third kappa shape index (κ3) is 14.4. The summed E-state index contributed by atoms with van der Waals surface area (Å²) in [6.07, 6.45) is -0.456. The molecule has 1 heterocycles. The molecule has 282 valence electrons. The molecule has 15 heteroatoms. The van der Waals surface area contributed by atoms with Crippen LogP contribution in [0.3, 0.4) is 0 Å². The van der Waals surface area contributed by atoms with E-state index < -0.39 is 82.3 Å². The monoisotopic (exact) mass is 700 g/mol. The van der Waals surface area contributed by atoms with E-state index in [0.717, 1.165) is 11.3 Å². The Hall–Kier alpha value is -3.62. The lowest BCUT2D eigenvalue weighted by Gasteiger charge is -2.44. The Bertz CT molecular complexity index is 1210. The summed E-state index contributed by atoms with van der Waals surface area (Å²) in [7, 11) is 1.51. The third-order valence-electron chi connectivity index (χ3n) is 7.02. The molecular formula is C34H62N5O10+. The maximum absolute atomic E-state index is 14.1. The second-order valence-corrected chi connectivity index (χ2v) is 16.5. The summed E-state index contributed by atoms with van der Waals surface area (Å²) in [4.78, 5) is 71.2. The summed E-state index contributed by atoms with van der Waals surface area (Å²) in [5.41, 5.74) is -2.32. The van der Waals surface area contributed by atoms with Crippen molar-refractivity contribution in [3.05, 3.63) is 0 Å². The lowest BCUT2D eigenvalue weighted by molar-refractivity contribution is -0.506. The van der Waals surface area contributed by atoms with E-state index in [4.69, 9.17) is 23.7 Å². The van der Waals surface area contributed by atoms with Crippen LogP contribution >= 0.6 is 0 Å². The molecular weight excluding hydrogens is 638 g/mol. The van der Waals surface area contributed by atoms with Gasteiger partial charge in [0, 0.05) is 20.5 Å². The van der Waals surface area contributed by atoms with Gasteiger partial charge in [0.1, 0.15) is 34.5 Å². The number of hydrogen-bond donors (Lipinski definition) is 3. The zero-order chi connectivity index (χ0) is 38.3. The number of esters is 1. The highest BCUT2D eigenvalue weighted by molar-refractivity contribution is 5.85. The van der Waals surface area contributed by atoms with Gasteiger partial charge in [0.15, 0.2) is 0 Å². The standard InChI is InChI=1S/C34H61N5O10/c1-17-18-34(15,45-16)25(36-21(2)40)24-22(19-23(26(41)46-30(3,4)5)39(24)29(44)49-33(12,13)14)35-20-38(28(43)48-32(9,10)11)37-27(42)47-31(6,7)8/h20,22-25H,17-19H2,1-16H3,(H,36,40)(H,37,42)/p+1/t22-,23?,24-,25-,34+/m1/s1. The lowest BCUT2D eigenvalue weighted by Crippen LogP contribution is -2.84. The third-order valence-corrected chi connectivity index (χ3v) is 7.02. The second-order valence-electron chi connectivity index (χ2n) is 16.5. The van der Waals surface area contributed by atoms with Gasteiger partial charge < -0.3 is 29.0 Å². The predicted molar refractivity (Wildman–Crippen MR) is 182 cm³/mol. The van der Waals surface area contributed by atoms with E-state index in [9.17, 15) is 24.0 Å². The fourth-order valence-electron chi connectivity index (χ4n) is 5.31. The molecule has 1 rings (SSSR count). The van der Waals surface area contributed by atoms with Crippen LogP contribution < -0.4 is 15.7 Å². The number of rotatable bonds is 9. The summed E-state index contributed by atoms with van der Waals surface area (Å²) in [6.45, 7) is 25.3. The molecule has 0 aliphatic carbocycles. The van der Waals surface area contributed by atoms with Crippen molar-refractivity contribution in [3.8, 4) is 0 Å². The first kappa shape index (κ1) is 43.4. The van der Waals surface area contributed by atoms with Gasteiger partial charge >= 0.3 is 24.2 Å². The van der Waals surface area contributed by atoms with Gasteiger partial charge in [-0.2, -0.15) is 4.79 Å². The minimum Gasteiger partial charge on any atom is -0.458 e. The molecule has 1 fully saturated rings. The Morgan fingerprint density at radius 1 is 0.837 bits per heavy atom. The van der Waals surface area contributed by atoms with Crippen LogP contribution in [0.1, 0.15) is 123 Å². The van der Waals surface area contributed by atoms with Crippen LogP contribution in [0.15, 0.2) is 0 Å².